The minimum absolute atomic E-state index is 0.120. The number of nitrogens with zero attached hydrogens (tertiary/aromatic N) is 1. The fourth-order valence-electron chi connectivity index (χ4n) is 2.96. The summed E-state index contributed by atoms with van der Waals surface area (Å²) in [4.78, 5) is 26.5. The van der Waals surface area contributed by atoms with Crippen LogP contribution >= 0.6 is 11.6 Å². The van der Waals surface area contributed by atoms with Crippen molar-refractivity contribution in [2.24, 2.45) is 5.92 Å². The third-order valence-electron chi connectivity index (χ3n) is 4.21. The highest BCUT2D eigenvalue weighted by atomic mass is 35.5. The van der Waals surface area contributed by atoms with Crippen LogP contribution in [0.4, 0.5) is 11.4 Å². The smallest absolute Gasteiger partial charge is 0.229 e. The fraction of sp³-hybridized carbons (Fsp3) is 0.263. The Morgan fingerprint density at radius 1 is 1.28 bits per heavy atom. The van der Waals surface area contributed by atoms with Gasteiger partial charge in [-0.25, -0.2) is 0 Å². The molecule has 1 unspecified atom stereocenters. The van der Waals surface area contributed by atoms with Gasteiger partial charge in [-0.15, -0.1) is 0 Å². The minimum atomic E-state index is -0.420. The Morgan fingerprint density at radius 2 is 2.08 bits per heavy atom. The number of benzene rings is 2. The molecule has 130 valence electrons. The SMILES string of the molecule is COc1ccc(Cl)cc1N1CC(C(=O)Nc2cccc(C)c2)CC1=O. The highest BCUT2D eigenvalue weighted by Crippen LogP contribution is 2.35. The Balaban J connectivity index is 1.76. The Kier molecular flexibility index (Phi) is 4.95. The van der Waals surface area contributed by atoms with E-state index in [0.29, 0.717) is 23.0 Å². The second-order valence-corrected chi connectivity index (χ2v) is 6.52. The molecule has 0 radical (unpaired) electrons. The number of hydrogen-bond donors (Lipinski definition) is 1. The Bertz CT molecular complexity index is 822. The maximum Gasteiger partial charge on any atom is 0.229 e. The summed E-state index contributed by atoms with van der Waals surface area (Å²) in [5.41, 5.74) is 2.38. The first-order valence-corrected chi connectivity index (χ1v) is 8.37. The lowest BCUT2D eigenvalue weighted by molar-refractivity contribution is -0.122. The molecule has 2 aromatic rings. The van der Waals surface area contributed by atoms with Crippen LogP contribution in [0.5, 0.6) is 5.75 Å². The molecule has 5 nitrogen and oxygen atoms in total. The molecule has 1 saturated heterocycles. The number of methoxy groups -OCH3 is 1. The zero-order valence-electron chi connectivity index (χ0n) is 14.1. The summed E-state index contributed by atoms with van der Waals surface area (Å²) in [5.74, 6) is -0.151. The summed E-state index contributed by atoms with van der Waals surface area (Å²) in [6.07, 6.45) is 0.160. The zero-order chi connectivity index (χ0) is 18.0. The number of rotatable bonds is 4. The van der Waals surface area contributed by atoms with Gasteiger partial charge in [0.1, 0.15) is 5.75 Å². The second-order valence-electron chi connectivity index (χ2n) is 6.08. The van der Waals surface area contributed by atoms with Gasteiger partial charge >= 0.3 is 0 Å². The highest BCUT2D eigenvalue weighted by Gasteiger charge is 2.36. The normalized spacial score (nSPS) is 16.8. The van der Waals surface area contributed by atoms with E-state index in [9.17, 15) is 9.59 Å². The van der Waals surface area contributed by atoms with E-state index < -0.39 is 5.92 Å². The van der Waals surface area contributed by atoms with Gasteiger partial charge in [-0.3, -0.25) is 9.59 Å². The summed E-state index contributed by atoms with van der Waals surface area (Å²) in [7, 11) is 1.54. The lowest BCUT2D eigenvalue weighted by Gasteiger charge is -2.20. The van der Waals surface area contributed by atoms with E-state index in [0.717, 1.165) is 11.3 Å². The van der Waals surface area contributed by atoms with Crippen LogP contribution in [0, 0.1) is 12.8 Å². The highest BCUT2D eigenvalue weighted by molar-refractivity contribution is 6.31. The van der Waals surface area contributed by atoms with Gasteiger partial charge in [-0.05, 0) is 42.8 Å². The molecule has 2 aromatic carbocycles. The average Bonchev–Trinajstić information content (AvgIpc) is 2.96. The number of nitrogens with one attached hydrogen (secondary N) is 1. The van der Waals surface area contributed by atoms with E-state index in [1.165, 1.54) is 7.11 Å². The first-order chi connectivity index (χ1) is 12.0. The first-order valence-electron chi connectivity index (χ1n) is 7.99. The van der Waals surface area contributed by atoms with E-state index in [-0.39, 0.29) is 18.2 Å². The standard InChI is InChI=1S/C19H19ClN2O3/c1-12-4-3-5-15(8-12)21-19(24)13-9-18(23)22(11-13)16-10-14(20)6-7-17(16)25-2/h3-8,10,13H,9,11H2,1-2H3,(H,21,24). The number of halogens is 1. The van der Waals surface area contributed by atoms with Crippen LogP contribution in [0.3, 0.4) is 0 Å². The summed E-state index contributed by atoms with van der Waals surface area (Å²) < 4.78 is 5.31. The average molecular weight is 359 g/mol. The van der Waals surface area contributed by atoms with Crippen LogP contribution in [-0.2, 0) is 9.59 Å². The molecule has 1 aliphatic rings. The number of carbonyl (C=O) groups excluding carboxylic acids is 2. The van der Waals surface area contributed by atoms with E-state index in [1.54, 1.807) is 23.1 Å². The summed E-state index contributed by atoms with van der Waals surface area (Å²) >= 11 is 6.05. The molecular weight excluding hydrogens is 340 g/mol. The van der Waals surface area contributed by atoms with Crippen LogP contribution in [-0.4, -0.2) is 25.5 Å². The van der Waals surface area contributed by atoms with Crippen molar-refractivity contribution >= 4 is 34.8 Å². The van der Waals surface area contributed by atoms with Crippen LogP contribution in [0.25, 0.3) is 0 Å². The van der Waals surface area contributed by atoms with Gasteiger partial charge in [-0.2, -0.15) is 0 Å². The van der Waals surface area contributed by atoms with E-state index >= 15 is 0 Å². The maximum absolute atomic E-state index is 12.5. The summed E-state index contributed by atoms with van der Waals surface area (Å²) in [6.45, 7) is 2.26. The molecule has 2 amide bonds. The Morgan fingerprint density at radius 3 is 2.80 bits per heavy atom. The van der Waals surface area contributed by atoms with Crippen LogP contribution < -0.4 is 15.0 Å². The van der Waals surface area contributed by atoms with Crippen molar-refractivity contribution in [1.29, 1.82) is 0 Å². The van der Waals surface area contributed by atoms with Gasteiger partial charge in [-0.1, -0.05) is 23.7 Å². The quantitative estimate of drug-likeness (QED) is 0.907. The monoisotopic (exact) mass is 358 g/mol. The van der Waals surface area contributed by atoms with Crippen molar-refractivity contribution in [3.8, 4) is 5.75 Å². The molecule has 25 heavy (non-hydrogen) atoms. The third-order valence-corrected chi connectivity index (χ3v) is 4.45. The molecule has 1 heterocycles. The molecule has 0 bridgehead atoms. The van der Waals surface area contributed by atoms with Crippen molar-refractivity contribution in [2.45, 2.75) is 13.3 Å². The number of carbonyl (C=O) groups is 2. The molecule has 0 aromatic heterocycles. The van der Waals surface area contributed by atoms with Crippen molar-refractivity contribution in [1.82, 2.24) is 0 Å². The first kappa shape index (κ1) is 17.3. The third kappa shape index (κ3) is 3.77. The largest absolute Gasteiger partial charge is 0.495 e. The number of amides is 2. The van der Waals surface area contributed by atoms with Gasteiger partial charge in [0, 0.05) is 23.7 Å². The van der Waals surface area contributed by atoms with Crippen molar-refractivity contribution in [3.63, 3.8) is 0 Å². The lowest BCUT2D eigenvalue weighted by atomic mass is 10.1. The van der Waals surface area contributed by atoms with Crippen LogP contribution in [0.2, 0.25) is 5.02 Å². The second kappa shape index (κ2) is 7.15. The molecule has 0 spiro atoms. The Hall–Kier alpha value is -2.53. The molecule has 6 heteroatoms. The molecule has 1 fully saturated rings. The zero-order valence-corrected chi connectivity index (χ0v) is 14.8. The summed E-state index contributed by atoms with van der Waals surface area (Å²) in [5, 5.41) is 3.39. The van der Waals surface area contributed by atoms with Crippen molar-refractivity contribution in [2.75, 3.05) is 23.9 Å². The molecule has 0 aliphatic carbocycles. The molecule has 0 saturated carbocycles. The van der Waals surface area contributed by atoms with Crippen LogP contribution in [0.1, 0.15) is 12.0 Å². The van der Waals surface area contributed by atoms with E-state index in [4.69, 9.17) is 16.3 Å². The van der Waals surface area contributed by atoms with Crippen molar-refractivity contribution in [3.05, 3.63) is 53.1 Å². The Labute approximate surface area is 151 Å². The van der Waals surface area contributed by atoms with E-state index in [1.807, 2.05) is 31.2 Å². The molecule has 1 N–H and O–H groups in total. The van der Waals surface area contributed by atoms with Gasteiger partial charge in [0.15, 0.2) is 0 Å². The van der Waals surface area contributed by atoms with Gasteiger partial charge in [0.25, 0.3) is 0 Å². The molecule has 1 aliphatic heterocycles. The number of hydrogen-bond acceptors (Lipinski definition) is 3. The topological polar surface area (TPSA) is 58.6 Å². The van der Waals surface area contributed by atoms with Crippen molar-refractivity contribution < 1.29 is 14.3 Å². The number of aryl methyl sites for hydroxylation is 1. The fourth-order valence-corrected chi connectivity index (χ4v) is 3.12. The van der Waals surface area contributed by atoms with Gasteiger partial charge in [0.2, 0.25) is 11.8 Å². The molecule has 1 atom stereocenters. The van der Waals surface area contributed by atoms with Gasteiger partial charge in [0.05, 0.1) is 18.7 Å². The maximum atomic E-state index is 12.5. The van der Waals surface area contributed by atoms with Crippen LogP contribution in [0.15, 0.2) is 42.5 Å². The van der Waals surface area contributed by atoms with E-state index in [2.05, 4.69) is 5.32 Å². The molecular formula is C19H19ClN2O3. The summed E-state index contributed by atoms with van der Waals surface area (Å²) in [6, 6.07) is 12.7. The number of anilines is 2. The molecule has 3 rings (SSSR count). The predicted octanol–water partition coefficient (Wildman–Crippen LogP) is 3.65. The predicted molar refractivity (Wildman–Crippen MR) is 98.3 cm³/mol. The van der Waals surface area contributed by atoms with Gasteiger partial charge < -0.3 is 15.0 Å². The number of ether oxygens (including phenoxy) is 1. The minimum Gasteiger partial charge on any atom is -0.495 e. The lowest BCUT2D eigenvalue weighted by Crippen LogP contribution is -2.28.